The maximum atomic E-state index is 10.8. The van der Waals surface area contributed by atoms with Crippen LogP contribution >= 0.6 is 15.9 Å². The summed E-state index contributed by atoms with van der Waals surface area (Å²) < 4.78 is 6.22. The summed E-state index contributed by atoms with van der Waals surface area (Å²) in [6.07, 6.45) is 0.486. The Labute approximate surface area is 131 Å². The molecule has 0 amide bonds. The van der Waals surface area contributed by atoms with Gasteiger partial charge in [-0.05, 0) is 24.0 Å². The molecule has 6 heteroatoms. The first-order valence-electron chi connectivity index (χ1n) is 6.58. The number of aliphatic carboxylic acids is 1. The van der Waals surface area contributed by atoms with E-state index in [0.29, 0.717) is 18.1 Å². The van der Waals surface area contributed by atoms with E-state index in [1.807, 2.05) is 39.0 Å². The molecule has 0 aliphatic rings. The van der Waals surface area contributed by atoms with E-state index in [1.54, 1.807) is 0 Å². The van der Waals surface area contributed by atoms with Crippen LogP contribution in [0.2, 0.25) is 0 Å². The van der Waals surface area contributed by atoms with Crippen LogP contribution in [0.15, 0.2) is 27.2 Å². The third-order valence-corrected chi connectivity index (χ3v) is 4.01. The fraction of sp³-hybridized carbons (Fsp3) is 0.400. The van der Waals surface area contributed by atoms with Crippen LogP contribution in [0.25, 0.3) is 11.4 Å². The monoisotopic (exact) mass is 352 g/mol. The van der Waals surface area contributed by atoms with Gasteiger partial charge >= 0.3 is 5.97 Å². The van der Waals surface area contributed by atoms with Gasteiger partial charge in [-0.3, -0.25) is 4.79 Å². The zero-order chi connectivity index (χ0) is 15.6. The number of rotatable bonds is 5. The molecule has 112 valence electrons. The van der Waals surface area contributed by atoms with Crippen LogP contribution < -0.4 is 0 Å². The Bertz CT molecular complexity index is 665. The second kappa shape index (κ2) is 5.97. The first-order valence-corrected chi connectivity index (χ1v) is 7.37. The number of benzene rings is 1. The van der Waals surface area contributed by atoms with Crippen LogP contribution in [0.4, 0.5) is 0 Å². The Hall–Kier alpha value is -1.69. The molecule has 1 aromatic heterocycles. The Morgan fingerprint density at radius 1 is 1.43 bits per heavy atom. The van der Waals surface area contributed by atoms with Crippen molar-refractivity contribution in [3.8, 4) is 11.4 Å². The highest BCUT2D eigenvalue weighted by molar-refractivity contribution is 9.10. The first kappa shape index (κ1) is 15.7. The molecule has 1 N–H and O–H groups in total. The highest BCUT2D eigenvalue weighted by Gasteiger charge is 2.25. The van der Waals surface area contributed by atoms with Crippen LogP contribution in [0.1, 0.15) is 31.7 Å². The highest BCUT2D eigenvalue weighted by atomic mass is 79.9. The SMILES string of the molecule is Cc1ccc(-c2noc(CC(C)(C)CC(=O)O)n2)cc1Br. The van der Waals surface area contributed by atoms with Crippen molar-refractivity contribution < 1.29 is 14.4 Å². The van der Waals surface area contributed by atoms with Crippen molar-refractivity contribution in [3.63, 3.8) is 0 Å². The molecule has 0 atom stereocenters. The normalized spacial score (nSPS) is 11.6. The van der Waals surface area contributed by atoms with Gasteiger partial charge in [-0.25, -0.2) is 0 Å². The Morgan fingerprint density at radius 3 is 2.76 bits per heavy atom. The number of carbonyl (C=O) groups is 1. The van der Waals surface area contributed by atoms with Crippen LogP contribution in [0, 0.1) is 12.3 Å². The van der Waals surface area contributed by atoms with Gasteiger partial charge in [0.15, 0.2) is 0 Å². The van der Waals surface area contributed by atoms with Crippen molar-refractivity contribution >= 4 is 21.9 Å². The highest BCUT2D eigenvalue weighted by Crippen LogP contribution is 2.27. The minimum absolute atomic E-state index is 0.0563. The van der Waals surface area contributed by atoms with Gasteiger partial charge in [0.1, 0.15) is 0 Å². The standard InChI is InChI=1S/C15H17BrN2O3/c1-9-4-5-10(6-11(9)16)14-17-12(21-18-14)7-15(2,3)8-13(19)20/h4-6H,7-8H2,1-3H3,(H,19,20). The minimum atomic E-state index is -0.831. The predicted molar refractivity (Wildman–Crippen MR) is 81.9 cm³/mol. The molecule has 0 bridgehead atoms. The van der Waals surface area contributed by atoms with Gasteiger partial charge in [-0.2, -0.15) is 4.98 Å². The number of halogens is 1. The molecule has 2 rings (SSSR count). The van der Waals surface area contributed by atoms with Gasteiger partial charge in [0.25, 0.3) is 0 Å². The summed E-state index contributed by atoms with van der Waals surface area (Å²) >= 11 is 3.47. The van der Waals surface area contributed by atoms with Crippen molar-refractivity contribution in [2.45, 2.75) is 33.6 Å². The number of carboxylic acids is 1. The number of aryl methyl sites for hydroxylation is 1. The summed E-state index contributed by atoms with van der Waals surface area (Å²) in [5.74, 6) is 0.131. The van der Waals surface area contributed by atoms with Crippen LogP contribution in [-0.2, 0) is 11.2 Å². The van der Waals surface area contributed by atoms with E-state index in [-0.39, 0.29) is 6.42 Å². The smallest absolute Gasteiger partial charge is 0.303 e. The zero-order valence-corrected chi connectivity index (χ0v) is 13.8. The molecule has 1 heterocycles. The van der Waals surface area contributed by atoms with Gasteiger partial charge in [0.2, 0.25) is 11.7 Å². The summed E-state index contributed by atoms with van der Waals surface area (Å²) in [5.41, 5.74) is 1.56. The molecule has 0 aliphatic carbocycles. The maximum absolute atomic E-state index is 10.8. The average molecular weight is 353 g/mol. The quantitative estimate of drug-likeness (QED) is 0.884. The van der Waals surface area contributed by atoms with Crippen molar-refractivity contribution in [2.24, 2.45) is 5.41 Å². The topological polar surface area (TPSA) is 76.2 Å². The average Bonchev–Trinajstić information content (AvgIpc) is 2.78. The third-order valence-electron chi connectivity index (χ3n) is 3.16. The van der Waals surface area contributed by atoms with E-state index in [1.165, 1.54) is 0 Å². The number of aromatic nitrogens is 2. The van der Waals surface area contributed by atoms with Crippen molar-refractivity contribution in [3.05, 3.63) is 34.1 Å². The lowest BCUT2D eigenvalue weighted by molar-refractivity contribution is -0.139. The molecule has 2 aromatic rings. The Morgan fingerprint density at radius 2 is 2.14 bits per heavy atom. The number of nitrogens with zero attached hydrogens (tertiary/aromatic N) is 2. The molecular formula is C15H17BrN2O3. The zero-order valence-electron chi connectivity index (χ0n) is 12.2. The molecule has 21 heavy (non-hydrogen) atoms. The molecule has 0 unspecified atom stereocenters. The molecule has 0 aliphatic heterocycles. The predicted octanol–water partition coefficient (Wildman–Crippen LogP) is 3.85. The van der Waals surface area contributed by atoms with Gasteiger partial charge in [-0.15, -0.1) is 0 Å². The fourth-order valence-electron chi connectivity index (χ4n) is 2.06. The van der Waals surface area contributed by atoms with Crippen LogP contribution in [0.5, 0.6) is 0 Å². The van der Waals surface area contributed by atoms with E-state index < -0.39 is 11.4 Å². The lowest BCUT2D eigenvalue weighted by Crippen LogP contribution is -2.19. The van der Waals surface area contributed by atoms with E-state index in [4.69, 9.17) is 9.63 Å². The number of hydrogen-bond donors (Lipinski definition) is 1. The summed E-state index contributed by atoms with van der Waals surface area (Å²) in [4.78, 5) is 15.2. The molecule has 5 nitrogen and oxygen atoms in total. The van der Waals surface area contributed by atoms with Crippen molar-refractivity contribution in [1.82, 2.24) is 10.1 Å². The summed E-state index contributed by atoms with van der Waals surface area (Å²) in [6, 6.07) is 5.84. The second-order valence-corrected chi connectivity index (χ2v) is 6.74. The molecule has 0 saturated carbocycles. The molecule has 0 spiro atoms. The number of carboxylic acid groups (broad SMARTS) is 1. The summed E-state index contributed by atoms with van der Waals surface area (Å²) in [5, 5.41) is 12.9. The van der Waals surface area contributed by atoms with E-state index in [2.05, 4.69) is 26.1 Å². The van der Waals surface area contributed by atoms with Gasteiger partial charge in [-0.1, -0.05) is 47.1 Å². The Balaban J connectivity index is 2.18. The second-order valence-electron chi connectivity index (χ2n) is 5.89. The van der Waals surface area contributed by atoms with E-state index >= 15 is 0 Å². The van der Waals surface area contributed by atoms with Gasteiger partial charge < -0.3 is 9.63 Å². The Kier molecular flexibility index (Phi) is 4.46. The molecule has 0 saturated heterocycles. The number of hydrogen-bond acceptors (Lipinski definition) is 4. The molecule has 0 radical (unpaired) electrons. The van der Waals surface area contributed by atoms with Crippen LogP contribution in [-0.4, -0.2) is 21.2 Å². The largest absolute Gasteiger partial charge is 0.481 e. The molecular weight excluding hydrogens is 336 g/mol. The van der Waals surface area contributed by atoms with Gasteiger partial charge in [0, 0.05) is 16.5 Å². The molecule has 1 aromatic carbocycles. The third kappa shape index (κ3) is 4.14. The first-order chi connectivity index (χ1) is 9.77. The summed E-state index contributed by atoms with van der Waals surface area (Å²) in [6.45, 7) is 5.74. The van der Waals surface area contributed by atoms with E-state index in [9.17, 15) is 4.79 Å². The van der Waals surface area contributed by atoms with E-state index in [0.717, 1.165) is 15.6 Å². The fourth-order valence-corrected chi connectivity index (χ4v) is 2.44. The lowest BCUT2D eigenvalue weighted by Gasteiger charge is -2.19. The van der Waals surface area contributed by atoms with Crippen molar-refractivity contribution in [2.75, 3.05) is 0 Å². The molecule has 0 fully saturated rings. The van der Waals surface area contributed by atoms with Crippen molar-refractivity contribution in [1.29, 1.82) is 0 Å². The minimum Gasteiger partial charge on any atom is -0.481 e. The van der Waals surface area contributed by atoms with Gasteiger partial charge in [0.05, 0.1) is 6.42 Å². The van der Waals surface area contributed by atoms with Crippen LogP contribution in [0.3, 0.4) is 0 Å². The summed E-state index contributed by atoms with van der Waals surface area (Å²) in [7, 11) is 0. The lowest BCUT2D eigenvalue weighted by atomic mass is 9.86. The maximum Gasteiger partial charge on any atom is 0.303 e.